The van der Waals surface area contributed by atoms with E-state index in [2.05, 4.69) is 14.7 Å². The fourth-order valence-corrected chi connectivity index (χ4v) is 2.82. The summed E-state index contributed by atoms with van der Waals surface area (Å²) in [5.41, 5.74) is -2.17. The van der Waals surface area contributed by atoms with E-state index < -0.39 is 35.7 Å². The first-order chi connectivity index (χ1) is 12.1. The number of nitrogens with one attached hydrogen (secondary N) is 1. The number of hydrogen-bond acceptors (Lipinski definition) is 3. The summed E-state index contributed by atoms with van der Waals surface area (Å²) in [6, 6.07) is 2.95. The maximum Gasteiger partial charge on any atom is 0.573 e. The zero-order chi connectivity index (χ0) is 18.9. The zero-order valence-electron chi connectivity index (χ0n) is 13.7. The molecule has 9 heteroatoms. The fraction of sp³-hybridized carbons (Fsp3) is 0.529. The molecular formula is C17H17F5N2O2. The van der Waals surface area contributed by atoms with Gasteiger partial charge in [-0.15, -0.1) is 13.2 Å². The van der Waals surface area contributed by atoms with Gasteiger partial charge in [-0.25, -0.2) is 4.98 Å². The van der Waals surface area contributed by atoms with Gasteiger partial charge >= 0.3 is 6.36 Å². The number of rotatable bonds is 7. The molecule has 1 aliphatic carbocycles. The second-order valence-corrected chi connectivity index (χ2v) is 6.53. The van der Waals surface area contributed by atoms with Crippen molar-refractivity contribution in [3.05, 3.63) is 34.2 Å². The molecule has 0 unspecified atom stereocenters. The monoisotopic (exact) mass is 376 g/mol. The maximum absolute atomic E-state index is 14.3. The van der Waals surface area contributed by atoms with Crippen LogP contribution in [0, 0.1) is 5.92 Å². The smallest absolute Gasteiger partial charge is 0.406 e. The van der Waals surface area contributed by atoms with E-state index in [0.717, 1.165) is 37.5 Å². The lowest BCUT2D eigenvalue weighted by Crippen LogP contribution is -2.27. The molecule has 0 amide bonds. The number of unbranched alkanes of at least 4 members (excludes halogenated alkanes) is 1. The minimum absolute atomic E-state index is 0.0354. The first-order valence-corrected chi connectivity index (χ1v) is 8.32. The molecule has 1 aliphatic rings. The summed E-state index contributed by atoms with van der Waals surface area (Å²) in [6.45, 7) is 0. The normalized spacial score (nSPS) is 15.4. The molecule has 1 fully saturated rings. The maximum atomic E-state index is 14.3. The number of fused-ring (bicyclic) bond motifs is 1. The molecule has 3 rings (SSSR count). The number of aromatic amines is 1. The van der Waals surface area contributed by atoms with E-state index in [1.807, 2.05) is 0 Å². The van der Waals surface area contributed by atoms with Gasteiger partial charge in [0.25, 0.3) is 11.5 Å². The molecule has 1 heterocycles. The van der Waals surface area contributed by atoms with Gasteiger partial charge in [0.15, 0.2) is 5.69 Å². The van der Waals surface area contributed by atoms with Gasteiger partial charge in [-0.3, -0.25) is 4.79 Å². The molecule has 0 atom stereocenters. The van der Waals surface area contributed by atoms with Crippen LogP contribution in [0.3, 0.4) is 0 Å². The fourth-order valence-electron chi connectivity index (χ4n) is 2.82. The third kappa shape index (κ3) is 4.70. The van der Waals surface area contributed by atoms with Crippen molar-refractivity contribution in [3.63, 3.8) is 0 Å². The molecule has 0 bridgehead atoms. The van der Waals surface area contributed by atoms with E-state index >= 15 is 0 Å². The lowest BCUT2D eigenvalue weighted by Gasteiger charge is -2.15. The van der Waals surface area contributed by atoms with Gasteiger partial charge in [-0.05, 0) is 24.5 Å². The average molecular weight is 376 g/mol. The van der Waals surface area contributed by atoms with E-state index in [9.17, 15) is 26.7 Å². The van der Waals surface area contributed by atoms with Crippen LogP contribution >= 0.6 is 0 Å². The molecule has 26 heavy (non-hydrogen) atoms. The number of hydrogen-bond donors (Lipinski definition) is 1. The Labute approximate surface area is 145 Å². The summed E-state index contributed by atoms with van der Waals surface area (Å²) in [5, 5.41) is 0. The first kappa shape index (κ1) is 18.6. The van der Waals surface area contributed by atoms with Gasteiger partial charge in [0.2, 0.25) is 0 Å². The minimum Gasteiger partial charge on any atom is -0.406 e. The second kappa shape index (κ2) is 6.85. The van der Waals surface area contributed by atoms with Crippen LogP contribution < -0.4 is 10.3 Å². The number of benzene rings is 1. The van der Waals surface area contributed by atoms with E-state index in [1.165, 1.54) is 0 Å². The lowest BCUT2D eigenvalue weighted by atomic mass is 10.1. The molecule has 0 saturated heterocycles. The molecule has 1 saturated carbocycles. The summed E-state index contributed by atoms with van der Waals surface area (Å²) in [4.78, 5) is 17.8. The van der Waals surface area contributed by atoms with Gasteiger partial charge in [-0.2, -0.15) is 8.78 Å². The molecule has 0 spiro atoms. The highest BCUT2D eigenvalue weighted by molar-refractivity contribution is 5.75. The van der Waals surface area contributed by atoms with Crippen LogP contribution in [0.15, 0.2) is 23.0 Å². The highest BCUT2D eigenvalue weighted by Gasteiger charge is 2.36. The number of H-pyrrole nitrogens is 1. The van der Waals surface area contributed by atoms with Gasteiger partial charge in [0.05, 0.1) is 11.0 Å². The van der Waals surface area contributed by atoms with E-state index in [0.29, 0.717) is 12.3 Å². The Morgan fingerprint density at radius 3 is 2.54 bits per heavy atom. The van der Waals surface area contributed by atoms with Crippen LogP contribution in [-0.4, -0.2) is 16.3 Å². The standard InChI is InChI=1S/C17H17F5N2O2/c18-16(19,8-2-1-3-10-4-5-10)14-15(25)24-13-9-11(26-17(20,21)22)6-7-12(13)23-14/h6-7,9-10H,1-5,8H2,(H,24,25). The third-order valence-electron chi connectivity index (χ3n) is 4.29. The summed E-state index contributed by atoms with van der Waals surface area (Å²) in [6.07, 6.45) is -1.21. The molecule has 2 aromatic rings. The van der Waals surface area contributed by atoms with Crippen molar-refractivity contribution in [2.24, 2.45) is 5.92 Å². The Morgan fingerprint density at radius 1 is 1.15 bits per heavy atom. The SMILES string of the molecule is O=c1[nH]c2cc(OC(F)(F)F)ccc2nc1C(F)(F)CCCCC1CC1. The largest absolute Gasteiger partial charge is 0.573 e. The van der Waals surface area contributed by atoms with Crippen molar-refractivity contribution in [3.8, 4) is 5.75 Å². The molecule has 1 N–H and O–H groups in total. The number of ether oxygens (including phenoxy) is 1. The predicted molar refractivity (Wildman–Crippen MR) is 84.1 cm³/mol. The van der Waals surface area contributed by atoms with Crippen LogP contribution in [0.25, 0.3) is 11.0 Å². The predicted octanol–water partition coefficient (Wildman–Crippen LogP) is 4.88. The Balaban J connectivity index is 1.78. The summed E-state index contributed by atoms with van der Waals surface area (Å²) >= 11 is 0. The Morgan fingerprint density at radius 2 is 1.88 bits per heavy atom. The van der Waals surface area contributed by atoms with Crippen LogP contribution in [0.5, 0.6) is 5.75 Å². The first-order valence-electron chi connectivity index (χ1n) is 8.32. The molecule has 4 nitrogen and oxygen atoms in total. The Kier molecular flexibility index (Phi) is 4.90. The average Bonchev–Trinajstić information content (AvgIpc) is 3.33. The van der Waals surface area contributed by atoms with Gasteiger partial charge in [0.1, 0.15) is 5.75 Å². The molecule has 0 radical (unpaired) electrons. The number of alkyl halides is 5. The molecular weight excluding hydrogens is 359 g/mol. The second-order valence-electron chi connectivity index (χ2n) is 6.53. The highest BCUT2D eigenvalue weighted by atomic mass is 19.4. The summed E-state index contributed by atoms with van der Waals surface area (Å²) in [7, 11) is 0. The van der Waals surface area contributed by atoms with Gasteiger partial charge < -0.3 is 9.72 Å². The van der Waals surface area contributed by atoms with Crippen molar-refractivity contribution >= 4 is 11.0 Å². The van der Waals surface area contributed by atoms with Gasteiger partial charge in [0, 0.05) is 12.5 Å². The Hall–Kier alpha value is -2.19. The Bertz CT molecular complexity index is 843. The van der Waals surface area contributed by atoms with E-state index in [-0.39, 0.29) is 17.5 Å². The van der Waals surface area contributed by atoms with Crippen LogP contribution in [0.2, 0.25) is 0 Å². The van der Waals surface area contributed by atoms with Crippen molar-refractivity contribution < 1.29 is 26.7 Å². The van der Waals surface area contributed by atoms with Crippen LogP contribution in [-0.2, 0) is 5.92 Å². The number of halogens is 5. The molecule has 142 valence electrons. The van der Waals surface area contributed by atoms with Crippen molar-refractivity contribution in [1.29, 1.82) is 0 Å². The van der Waals surface area contributed by atoms with Gasteiger partial charge in [-0.1, -0.05) is 25.7 Å². The zero-order valence-corrected chi connectivity index (χ0v) is 13.7. The number of nitrogens with zero attached hydrogens (tertiary/aromatic N) is 1. The topological polar surface area (TPSA) is 55.0 Å². The molecule has 1 aromatic heterocycles. The van der Waals surface area contributed by atoms with Crippen LogP contribution in [0.4, 0.5) is 22.0 Å². The minimum atomic E-state index is -4.89. The van der Waals surface area contributed by atoms with E-state index in [4.69, 9.17) is 0 Å². The summed E-state index contributed by atoms with van der Waals surface area (Å²) < 4.78 is 69.1. The quantitative estimate of drug-likeness (QED) is 0.553. The molecule has 0 aliphatic heterocycles. The highest BCUT2D eigenvalue weighted by Crippen LogP contribution is 2.36. The lowest BCUT2D eigenvalue weighted by molar-refractivity contribution is -0.274. The van der Waals surface area contributed by atoms with Crippen LogP contribution in [0.1, 0.15) is 44.2 Å². The van der Waals surface area contributed by atoms with Crippen molar-refractivity contribution in [1.82, 2.24) is 9.97 Å². The van der Waals surface area contributed by atoms with E-state index in [1.54, 1.807) is 0 Å². The molecule has 1 aromatic carbocycles. The van der Waals surface area contributed by atoms with Crippen molar-refractivity contribution in [2.75, 3.05) is 0 Å². The number of aromatic nitrogens is 2. The van der Waals surface area contributed by atoms with Crippen molar-refractivity contribution in [2.45, 2.75) is 50.8 Å². The third-order valence-corrected chi connectivity index (χ3v) is 4.29. The summed E-state index contributed by atoms with van der Waals surface area (Å²) in [5.74, 6) is -3.31.